The lowest BCUT2D eigenvalue weighted by atomic mass is 9.74. The van der Waals surface area contributed by atoms with E-state index in [9.17, 15) is 18.3 Å². The molecule has 1 atom stereocenters. The highest BCUT2D eigenvalue weighted by Gasteiger charge is 2.43. The topological polar surface area (TPSA) is 20.2 Å². The molecule has 5 heteroatoms. The van der Waals surface area contributed by atoms with Crippen LogP contribution in [0.3, 0.4) is 0 Å². The number of benzene rings is 2. The third-order valence-electron chi connectivity index (χ3n) is 5.45. The first-order chi connectivity index (χ1) is 12.1. The summed E-state index contributed by atoms with van der Waals surface area (Å²) in [5.41, 5.74) is 1.45. The van der Waals surface area contributed by atoms with Crippen molar-refractivity contribution < 1.29 is 18.3 Å². The van der Waals surface area contributed by atoms with Crippen LogP contribution in [0.15, 0.2) is 36.4 Å². The second-order valence-corrected chi connectivity index (χ2v) is 7.71. The van der Waals surface area contributed by atoms with Crippen molar-refractivity contribution in [1.29, 1.82) is 0 Å². The van der Waals surface area contributed by atoms with E-state index in [1.807, 2.05) is 32.0 Å². The van der Waals surface area contributed by atoms with E-state index in [0.29, 0.717) is 16.7 Å². The number of hydrogen-bond acceptors (Lipinski definition) is 1. The largest absolute Gasteiger partial charge is 0.416 e. The number of rotatable bonds is 3. The molecule has 1 aliphatic carbocycles. The lowest BCUT2D eigenvalue weighted by Gasteiger charge is -2.36. The first kappa shape index (κ1) is 21.8. The lowest BCUT2D eigenvalue weighted by Crippen LogP contribution is -2.35. The molecule has 0 heterocycles. The summed E-state index contributed by atoms with van der Waals surface area (Å²) < 4.78 is 40.1. The molecule has 0 bridgehead atoms. The molecule has 2 aromatic rings. The van der Waals surface area contributed by atoms with E-state index in [0.717, 1.165) is 48.9 Å². The van der Waals surface area contributed by atoms with Crippen LogP contribution in [0.5, 0.6) is 0 Å². The molecular formula is C22H27F3OS. The zero-order chi connectivity index (χ0) is 19.1. The maximum atomic E-state index is 13.4. The normalized spacial score (nSPS) is 17.4. The van der Waals surface area contributed by atoms with Gasteiger partial charge in [-0.05, 0) is 62.8 Å². The molecule has 27 heavy (non-hydrogen) atoms. The van der Waals surface area contributed by atoms with Crippen molar-refractivity contribution in [3.05, 3.63) is 69.8 Å². The number of aryl methyl sites for hydroxylation is 3. The molecule has 0 aromatic heterocycles. The molecular weight excluding hydrogens is 369 g/mol. The molecule has 1 saturated carbocycles. The number of aliphatic hydroxyl groups is 1. The minimum Gasteiger partial charge on any atom is -0.380 e. The Hall–Kier alpha value is -1.46. The molecule has 0 saturated heterocycles. The predicted octanol–water partition coefficient (Wildman–Crippen LogP) is 6.17. The Morgan fingerprint density at radius 1 is 0.741 bits per heavy atom. The van der Waals surface area contributed by atoms with E-state index in [-0.39, 0.29) is 19.4 Å². The monoisotopic (exact) mass is 396 g/mol. The Kier molecular flexibility index (Phi) is 6.37. The number of alkyl halides is 3. The standard InChI is InChI=1S/C22H25F3O.H2S/c1-14-8-15(2)10-18(9-14)21(26,17-6-4-5-7-17)19-11-16(3)12-20(13-19)22(23,24)25;/h8-13,17,26H,4-7H2,1-3H3;1H2. The Balaban J connectivity index is 0.00000261. The van der Waals surface area contributed by atoms with Crippen LogP contribution in [-0.2, 0) is 11.8 Å². The number of halogens is 3. The van der Waals surface area contributed by atoms with E-state index in [4.69, 9.17) is 0 Å². The van der Waals surface area contributed by atoms with Crippen molar-refractivity contribution in [3.8, 4) is 0 Å². The van der Waals surface area contributed by atoms with Gasteiger partial charge in [0.1, 0.15) is 5.60 Å². The van der Waals surface area contributed by atoms with Gasteiger partial charge in [0.15, 0.2) is 0 Å². The summed E-state index contributed by atoms with van der Waals surface area (Å²) >= 11 is 0. The Labute approximate surface area is 166 Å². The zero-order valence-corrected chi connectivity index (χ0v) is 17.0. The van der Waals surface area contributed by atoms with Gasteiger partial charge in [0.25, 0.3) is 0 Å². The second kappa shape index (κ2) is 7.88. The highest BCUT2D eigenvalue weighted by molar-refractivity contribution is 7.59. The molecule has 1 aliphatic rings. The van der Waals surface area contributed by atoms with Crippen LogP contribution < -0.4 is 0 Å². The summed E-state index contributed by atoms with van der Waals surface area (Å²) in [7, 11) is 0. The average molecular weight is 397 g/mol. The first-order valence-corrected chi connectivity index (χ1v) is 9.11. The maximum absolute atomic E-state index is 13.4. The van der Waals surface area contributed by atoms with Crippen LogP contribution in [0.2, 0.25) is 0 Å². The van der Waals surface area contributed by atoms with Crippen molar-refractivity contribution in [2.75, 3.05) is 0 Å². The fourth-order valence-electron chi connectivity index (χ4n) is 4.34. The second-order valence-electron chi connectivity index (χ2n) is 7.71. The fraction of sp³-hybridized carbons (Fsp3) is 0.455. The SMILES string of the molecule is Cc1cc(C)cc(C(O)(c2cc(C)cc(C(F)(F)F)c2)C2CCCC2)c1.S. The van der Waals surface area contributed by atoms with Crippen LogP contribution >= 0.6 is 13.5 Å². The lowest BCUT2D eigenvalue weighted by molar-refractivity contribution is -0.137. The minimum absolute atomic E-state index is 0. The fourth-order valence-corrected chi connectivity index (χ4v) is 4.34. The van der Waals surface area contributed by atoms with Gasteiger partial charge in [0.2, 0.25) is 0 Å². The highest BCUT2D eigenvalue weighted by atomic mass is 32.1. The molecule has 0 amide bonds. The zero-order valence-electron chi connectivity index (χ0n) is 16.0. The van der Waals surface area contributed by atoms with Crippen molar-refractivity contribution in [2.24, 2.45) is 5.92 Å². The Morgan fingerprint density at radius 3 is 1.63 bits per heavy atom. The summed E-state index contributed by atoms with van der Waals surface area (Å²) in [4.78, 5) is 0. The highest BCUT2D eigenvalue weighted by Crippen LogP contribution is 2.46. The van der Waals surface area contributed by atoms with Gasteiger partial charge >= 0.3 is 6.18 Å². The molecule has 2 aromatic carbocycles. The van der Waals surface area contributed by atoms with Crippen LogP contribution in [0.4, 0.5) is 13.2 Å². The summed E-state index contributed by atoms with van der Waals surface area (Å²) in [6, 6.07) is 9.78. The maximum Gasteiger partial charge on any atom is 0.416 e. The Morgan fingerprint density at radius 2 is 1.15 bits per heavy atom. The summed E-state index contributed by atoms with van der Waals surface area (Å²) in [5, 5.41) is 11.8. The third kappa shape index (κ3) is 4.35. The summed E-state index contributed by atoms with van der Waals surface area (Å²) in [5.74, 6) is -0.0772. The van der Waals surface area contributed by atoms with Crippen LogP contribution in [-0.4, -0.2) is 5.11 Å². The molecule has 148 valence electrons. The molecule has 1 unspecified atom stereocenters. The van der Waals surface area contributed by atoms with Crippen molar-refractivity contribution in [3.63, 3.8) is 0 Å². The van der Waals surface area contributed by atoms with Gasteiger partial charge in [-0.15, -0.1) is 0 Å². The molecule has 0 spiro atoms. The Bertz CT molecular complexity index is 789. The van der Waals surface area contributed by atoms with Gasteiger partial charge in [-0.3, -0.25) is 0 Å². The van der Waals surface area contributed by atoms with Crippen LogP contribution in [0.25, 0.3) is 0 Å². The van der Waals surface area contributed by atoms with Gasteiger partial charge in [0, 0.05) is 0 Å². The van der Waals surface area contributed by atoms with Gasteiger partial charge < -0.3 is 5.11 Å². The third-order valence-corrected chi connectivity index (χ3v) is 5.45. The van der Waals surface area contributed by atoms with E-state index < -0.39 is 17.3 Å². The van der Waals surface area contributed by atoms with Gasteiger partial charge in [-0.2, -0.15) is 26.7 Å². The van der Waals surface area contributed by atoms with Gasteiger partial charge in [-0.25, -0.2) is 0 Å². The van der Waals surface area contributed by atoms with Crippen LogP contribution in [0.1, 0.15) is 59.1 Å². The van der Waals surface area contributed by atoms with Gasteiger partial charge in [0.05, 0.1) is 5.56 Å². The molecule has 1 fully saturated rings. The molecule has 0 radical (unpaired) electrons. The van der Waals surface area contributed by atoms with Crippen molar-refractivity contribution in [1.82, 2.24) is 0 Å². The van der Waals surface area contributed by atoms with E-state index in [1.54, 1.807) is 13.0 Å². The minimum atomic E-state index is -4.43. The molecule has 1 nitrogen and oxygen atoms in total. The van der Waals surface area contributed by atoms with Gasteiger partial charge in [-0.1, -0.05) is 53.8 Å². The average Bonchev–Trinajstić information content (AvgIpc) is 3.06. The molecule has 0 aliphatic heterocycles. The predicted molar refractivity (Wildman–Crippen MR) is 107 cm³/mol. The summed E-state index contributed by atoms with van der Waals surface area (Å²) in [6.07, 6.45) is -0.803. The molecule has 3 rings (SSSR count). The van der Waals surface area contributed by atoms with Crippen molar-refractivity contribution >= 4 is 13.5 Å². The van der Waals surface area contributed by atoms with Crippen LogP contribution in [0, 0.1) is 26.7 Å². The van der Waals surface area contributed by atoms with Crippen molar-refractivity contribution in [2.45, 2.75) is 58.2 Å². The first-order valence-electron chi connectivity index (χ1n) is 9.11. The van der Waals surface area contributed by atoms with E-state index in [1.165, 1.54) is 0 Å². The quantitative estimate of drug-likeness (QED) is 0.658. The molecule has 1 N–H and O–H groups in total. The smallest absolute Gasteiger partial charge is 0.380 e. The summed E-state index contributed by atoms with van der Waals surface area (Å²) in [6.45, 7) is 5.54. The number of hydrogen-bond donors (Lipinski definition) is 1. The van der Waals surface area contributed by atoms with E-state index in [2.05, 4.69) is 0 Å². The van der Waals surface area contributed by atoms with E-state index >= 15 is 0 Å².